The normalized spacial score (nSPS) is 10.0. The van der Waals surface area contributed by atoms with Crippen molar-refractivity contribution in [3.05, 3.63) is 59.2 Å². The molecular weight excluding hydrogens is 340 g/mol. The number of anilines is 1. The summed E-state index contributed by atoms with van der Waals surface area (Å²) < 4.78 is 5.43. The predicted octanol–water partition coefficient (Wildman–Crippen LogP) is 2.89. The Morgan fingerprint density at radius 1 is 1.12 bits per heavy atom. The lowest BCUT2D eigenvalue weighted by Gasteiger charge is -2.11. The van der Waals surface area contributed by atoms with Gasteiger partial charge in [-0.25, -0.2) is 4.79 Å². The highest BCUT2D eigenvalue weighted by molar-refractivity contribution is 7.80. The molecule has 0 atom stereocenters. The molecule has 2 aromatic rings. The van der Waals surface area contributed by atoms with Crippen LogP contribution in [0.15, 0.2) is 42.5 Å². The van der Waals surface area contributed by atoms with Crippen LogP contribution in [0.5, 0.6) is 5.75 Å². The molecule has 0 radical (unpaired) electrons. The molecule has 7 heteroatoms. The molecule has 0 aromatic heterocycles. The monoisotopic (exact) mass is 358 g/mol. The highest BCUT2D eigenvalue weighted by atomic mass is 32.1. The number of aryl methyl sites for hydroxylation is 2. The molecule has 3 N–H and O–H groups in total. The Labute approximate surface area is 150 Å². The number of ether oxygens (including phenoxy) is 1. The Balaban J connectivity index is 1.85. The number of nitrogens with one attached hydrogen (secondary N) is 2. The summed E-state index contributed by atoms with van der Waals surface area (Å²) in [5.74, 6) is -0.850. The van der Waals surface area contributed by atoms with Crippen LogP contribution in [0.3, 0.4) is 0 Å². The second kappa shape index (κ2) is 8.25. The zero-order valence-corrected chi connectivity index (χ0v) is 14.6. The Morgan fingerprint density at radius 2 is 1.88 bits per heavy atom. The molecule has 130 valence electrons. The number of carboxylic acids is 1. The van der Waals surface area contributed by atoms with Gasteiger partial charge in [-0.15, -0.1) is 0 Å². The summed E-state index contributed by atoms with van der Waals surface area (Å²) in [5, 5.41) is 14.3. The Morgan fingerprint density at radius 3 is 2.56 bits per heavy atom. The number of benzene rings is 2. The zero-order chi connectivity index (χ0) is 18.4. The van der Waals surface area contributed by atoms with Gasteiger partial charge in [0.15, 0.2) is 11.7 Å². The molecular formula is C18H18N2O4S. The van der Waals surface area contributed by atoms with E-state index in [4.69, 9.17) is 22.1 Å². The van der Waals surface area contributed by atoms with Gasteiger partial charge in [-0.05, 0) is 67.5 Å². The van der Waals surface area contributed by atoms with Crippen molar-refractivity contribution >= 4 is 34.9 Å². The molecule has 0 bridgehead atoms. The van der Waals surface area contributed by atoms with Crippen molar-refractivity contribution < 1.29 is 19.4 Å². The molecule has 25 heavy (non-hydrogen) atoms. The van der Waals surface area contributed by atoms with Gasteiger partial charge in [0.25, 0.3) is 5.91 Å². The van der Waals surface area contributed by atoms with Gasteiger partial charge in [-0.1, -0.05) is 12.1 Å². The van der Waals surface area contributed by atoms with E-state index < -0.39 is 11.9 Å². The van der Waals surface area contributed by atoms with Gasteiger partial charge in [0.1, 0.15) is 5.75 Å². The molecule has 2 rings (SSSR count). The van der Waals surface area contributed by atoms with E-state index in [0.29, 0.717) is 11.4 Å². The van der Waals surface area contributed by atoms with Crippen molar-refractivity contribution in [2.45, 2.75) is 13.8 Å². The van der Waals surface area contributed by atoms with Crippen molar-refractivity contribution in [3.63, 3.8) is 0 Å². The van der Waals surface area contributed by atoms with Crippen LogP contribution < -0.4 is 15.4 Å². The van der Waals surface area contributed by atoms with Crippen molar-refractivity contribution in [3.8, 4) is 5.75 Å². The summed E-state index contributed by atoms with van der Waals surface area (Å²) in [6, 6.07) is 11.7. The molecule has 0 heterocycles. The van der Waals surface area contributed by atoms with Gasteiger partial charge in [0.2, 0.25) is 0 Å². The third-order valence-electron chi connectivity index (χ3n) is 3.47. The Hall–Kier alpha value is -2.93. The van der Waals surface area contributed by atoms with Crippen LogP contribution in [0.1, 0.15) is 21.5 Å². The van der Waals surface area contributed by atoms with E-state index in [1.54, 1.807) is 18.2 Å². The van der Waals surface area contributed by atoms with Crippen LogP contribution in [0.25, 0.3) is 0 Å². The fourth-order valence-corrected chi connectivity index (χ4v) is 2.24. The standard InChI is InChI=1S/C18H18N2O4S/c1-11-6-7-15(8-12(11)2)24-10-16(21)20-18(25)19-14-5-3-4-13(9-14)17(22)23/h3-9H,10H2,1-2H3,(H,22,23)(H2,19,20,21,25). The molecule has 0 unspecified atom stereocenters. The number of rotatable bonds is 5. The smallest absolute Gasteiger partial charge is 0.335 e. The van der Waals surface area contributed by atoms with Gasteiger partial charge < -0.3 is 15.2 Å². The fourth-order valence-electron chi connectivity index (χ4n) is 2.01. The first kappa shape index (κ1) is 18.4. The Kier molecular flexibility index (Phi) is 6.08. The van der Waals surface area contributed by atoms with E-state index in [-0.39, 0.29) is 17.3 Å². The largest absolute Gasteiger partial charge is 0.484 e. The van der Waals surface area contributed by atoms with Crippen LogP contribution in [0.4, 0.5) is 5.69 Å². The van der Waals surface area contributed by atoms with Crippen LogP contribution in [0, 0.1) is 13.8 Å². The van der Waals surface area contributed by atoms with Crippen LogP contribution in [0.2, 0.25) is 0 Å². The SMILES string of the molecule is Cc1ccc(OCC(=O)NC(=S)Nc2cccc(C(=O)O)c2)cc1C. The summed E-state index contributed by atoms with van der Waals surface area (Å²) in [4.78, 5) is 22.8. The molecule has 0 spiro atoms. The number of carbonyl (C=O) groups excluding carboxylic acids is 1. The molecule has 1 amide bonds. The minimum atomic E-state index is -1.04. The van der Waals surface area contributed by atoms with Gasteiger partial charge >= 0.3 is 5.97 Å². The third kappa shape index (κ3) is 5.58. The molecule has 6 nitrogen and oxygen atoms in total. The van der Waals surface area contributed by atoms with E-state index in [1.165, 1.54) is 12.1 Å². The Bertz CT molecular complexity index is 820. The maximum Gasteiger partial charge on any atom is 0.335 e. The van der Waals surface area contributed by atoms with Gasteiger partial charge in [-0.3, -0.25) is 10.1 Å². The topological polar surface area (TPSA) is 87.7 Å². The summed E-state index contributed by atoms with van der Waals surface area (Å²) in [5.41, 5.74) is 2.82. The van der Waals surface area contributed by atoms with Crippen molar-refractivity contribution in [2.75, 3.05) is 11.9 Å². The van der Waals surface area contributed by atoms with Crippen molar-refractivity contribution in [2.24, 2.45) is 0 Å². The average Bonchev–Trinajstić information content (AvgIpc) is 2.56. The molecule has 0 aliphatic carbocycles. The molecule has 0 saturated heterocycles. The first-order valence-corrected chi connectivity index (χ1v) is 7.90. The summed E-state index contributed by atoms with van der Waals surface area (Å²) in [6.07, 6.45) is 0. The summed E-state index contributed by atoms with van der Waals surface area (Å²) in [6.45, 7) is 3.78. The summed E-state index contributed by atoms with van der Waals surface area (Å²) >= 11 is 5.04. The lowest BCUT2D eigenvalue weighted by molar-refractivity contribution is -0.121. The van der Waals surface area contributed by atoms with E-state index in [9.17, 15) is 9.59 Å². The first-order chi connectivity index (χ1) is 11.8. The number of hydrogen-bond donors (Lipinski definition) is 3. The summed E-state index contributed by atoms with van der Waals surface area (Å²) in [7, 11) is 0. The van der Waals surface area contributed by atoms with E-state index in [1.807, 2.05) is 26.0 Å². The van der Waals surface area contributed by atoms with Gasteiger partial charge in [-0.2, -0.15) is 0 Å². The van der Waals surface area contributed by atoms with E-state index in [2.05, 4.69) is 10.6 Å². The molecule has 0 fully saturated rings. The maximum atomic E-state index is 11.9. The predicted molar refractivity (Wildman–Crippen MR) is 99.2 cm³/mol. The van der Waals surface area contributed by atoms with E-state index in [0.717, 1.165) is 11.1 Å². The number of carboxylic acid groups (broad SMARTS) is 1. The number of hydrogen-bond acceptors (Lipinski definition) is 4. The lowest BCUT2D eigenvalue weighted by Crippen LogP contribution is -2.37. The fraction of sp³-hybridized carbons (Fsp3) is 0.167. The minimum absolute atomic E-state index is 0.0659. The quantitative estimate of drug-likeness (QED) is 0.713. The van der Waals surface area contributed by atoms with Gasteiger partial charge in [0, 0.05) is 5.69 Å². The molecule has 0 aliphatic rings. The highest BCUT2D eigenvalue weighted by Crippen LogP contribution is 2.16. The van der Waals surface area contributed by atoms with Crippen LogP contribution in [-0.4, -0.2) is 28.7 Å². The van der Waals surface area contributed by atoms with Crippen LogP contribution >= 0.6 is 12.2 Å². The second-order valence-corrected chi connectivity index (χ2v) is 5.83. The highest BCUT2D eigenvalue weighted by Gasteiger charge is 2.08. The average molecular weight is 358 g/mol. The number of carbonyl (C=O) groups is 2. The number of thiocarbonyl (C=S) groups is 1. The van der Waals surface area contributed by atoms with Gasteiger partial charge in [0.05, 0.1) is 5.56 Å². The number of amides is 1. The van der Waals surface area contributed by atoms with Crippen molar-refractivity contribution in [1.82, 2.24) is 5.32 Å². The minimum Gasteiger partial charge on any atom is -0.484 e. The number of aromatic carboxylic acids is 1. The third-order valence-corrected chi connectivity index (χ3v) is 3.67. The first-order valence-electron chi connectivity index (χ1n) is 7.49. The molecule has 0 aliphatic heterocycles. The van der Waals surface area contributed by atoms with Crippen LogP contribution in [-0.2, 0) is 4.79 Å². The van der Waals surface area contributed by atoms with E-state index >= 15 is 0 Å². The maximum absolute atomic E-state index is 11.9. The second-order valence-electron chi connectivity index (χ2n) is 5.42. The molecule has 2 aromatic carbocycles. The molecule has 0 saturated carbocycles. The van der Waals surface area contributed by atoms with Crippen molar-refractivity contribution in [1.29, 1.82) is 0 Å². The lowest BCUT2D eigenvalue weighted by atomic mass is 10.1. The zero-order valence-electron chi connectivity index (χ0n) is 13.8.